The van der Waals surface area contributed by atoms with E-state index in [2.05, 4.69) is 373 Å². The molecule has 4 aliphatic heterocycles. The highest BCUT2D eigenvalue weighted by molar-refractivity contribution is 9.10. The van der Waals surface area contributed by atoms with Gasteiger partial charge in [0.15, 0.2) is 0 Å². The molecule has 16 rings (SSSR count). The molecule has 6 saturated carbocycles. The number of fused-ring (bicyclic) bond motifs is 8. The molecule has 10 fully saturated rings. The largest absolute Gasteiger partial charge is 0.356 e. The quantitative estimate of drug-likeness (QED) is 0.147. The summed E-state index contributed by atoms with van der Waals surface area (Å²) < 4.78 is 0. The molecule has 0 amide bonds. The van der Waals surface area contributed by atoms with Crippen molar-refractivity contribution in [2.24, 2.45) is 94.7 Å². The van der Waals surface area contributed by atoms with Crippen molar-refractivity contribution in [3.05, 3.63) is 182 Å². The minimum Gasteiger partial charge on any atom is -0.356 e. The zero-order valence-electron chi connectivity index (χ0n) is 62.5. The topological polar surface area (TPSA) is 18.5 Å². The first-order valence-electron chi connectivity index (χ1n) is 38.8. The Balaban J connectivity index is 0.000000160. The minimum absolute atomic E-state index is 0.339. The number of nitrogens with one attached hydrogen (secondary N) is 1. The van der Waals surface area contributed by atoms with Crippen LogP contribution in [0.2, 0.25) is 0 Å². The molecule has 6 aromatic carbocycles. The zero-order valence-corrected chi connectivity index (χ0v) is 72.2. The van der Waals surface area contributed by atoms with E-state index in [1.54, 1.807) is 0 Å². The number of hydrogen-bond acceptors (Lipinski definition) is 11. The molecule has 1 N–H and O–H groups in total. The monoisotopic (exact) mass is 1630 g/mol. The van der Waals surface area contributed by atoms with Crippen LogP contribution in [0.3, 0.4) is 0 Å². The van der Waals surface area contributed by atoms with Crippen LogP contribution in [-0.4, -0.2) is 106 Å². The first kappa shape index (κ1) is 76.3. The van der Waals surface area contributed by atoms with Crippen molar-refractivity contribution in [1.82, 2.24) is 0 Å². The average Bonchev–Trinajstić information content (AvgIpc) is 0.708. The second-order valence-corrected chi connectivity index (χ2v) is 46.1. The van der Waals surface area contributed by atoms with Crippen molar-refractivity contribution in [1.29, 1.82) is 0 Å². The Morgan fingerprint density at radius 3 is 0.545 bits per heavy atom. The van der Waals surface area contributed by atoms with Gasteiger partial charge >= 0.3 is 0 Å². The highest BCUT2D eigenvalue weighted by atomic mass is 79.9. The zero-order chi connectivity index (χ0) is 71.0. The van der Waals surface area contributed by atoms with Gasteiger partial charge in [0.25, 0.3) is 0 Å². The van der Waals surface area contributed by atoms with Crippen LogP contribution in [-0.2, 0) is 0 Å². The molecule has 0 bridgehead atoms. The summed E-state index contributed by atoms with van der Waals surface area (Å²) in [6.07, 6.45) is 0. The summed E-state index contributed by atoms with van der Waals surface area (Å²) in [5.74, 6) is 12.3. The number of thioether (sulfide) groups is 8. The van der Waals surface area contributed by atoms with E-state index in [-0.39, 0.29) is 0 Å². The van der Waals surface area contributed by atoms with Crippen LogP contribution in [0.15, 0.2) is 182 Å². The Kier molecular flexibility index (Phi) is 24.6. The van der Waals surface area contributed by atoms with Crippen molar-refractivity contribution in [2.75, 3.05) is 15.1 Å². The van der Waals surface area contributed by atoms with E-state index in [4.69, 9.17) is 0 Å². The van der Waals surface area contributed by atoms with Crippen molar-refractivity contribution in [3.8, 4) is 0 Å². The molecule has 6 aliphatic carbocycles. The molecule has 6 aromatic rings. The van der Waals surface area contributed by atoms with E-state index >= 15 is 0 Å². The van der Waals surface area contributed by atoms with Gasteiger partial charge < -0.3 is 15.1 Å². The number of halogens is 2. The fourth-order valence-corrected chi connectivity index (χ4v) is 43.1. The van der Waals surface area contributed by atoms with Gasteiger partial charge in [-0.2, -0.15) is 94.1 Å². The minimum atomic E-state index is 0.339. The van der Waals surface area contributed by atoms with Crippen LogP contribution in [0.25, 0.3) is 0 Å². The molecule has 10 aliphatic rings. The van der Waals surface area contributed by atoms with Gasteiger partial charge in [-0.3, -0.25) is 0 Å². The van der Waals surface area contributed by atoms with Gasteiger partial charge in [0, 0.05) is 128 Å². The van der Waals surface area contributed by atoms with Gasteiger partial charge in [-0.05, 0) is 167 Å². The van der Waals surface area contributed by atoms with E-state index in [1.807, 2.05) is 60.7 Å². The summed E-state index contributed by atoms with van der Waals surface area (Å²) in [6, 6.07) is 67.0. The van der Waals surface area contributed by atoms with Gasteiger partial charge in [-0.1, -0.05) is 252 Å². The standard InChI is InChI=1S/C50H62N2S4.C26H42Br2S4.C12H11N/c1-29-30(2)34(6)44-43(33(29)5)53-47-41(51(37-21-13-9-14-22-37)38-23-15-10-16-24-38)49-50(56-46-36(8)32(4)31(3)35(7)45(46)55-49)42(48(47)54-44)52(39-25-17-11-18-26-39)40-27-19-12-20-28-40;1-9-10(2)14(6)20-19(13(9)5)29-23-17(27)25-26(18(28)24(23)30-20)32-22-16(8)12(4)11(3)15(7)21(22)31-25;1-3-7-11(8-4-1)13-12-9-5-2-6-10-12/h9-36,41-50H,1-8H3;9-26H,1-8H3;1-10,13H. The summed E-state index contributed by atoms with van der Waals surface area (Å²) >= 11 is 28.0. The Hall–Kier alpha value is -1.52. The van der Waals surface area contributed by atoms with Gasteiger partial charge in [0.2, 0.25) is 0 Å². The molecule has 0 spiro atoms. The Labute approximate surface area is 661 Å². The molecule has 32 atom stereocenters. The van der Waals surface area contributed by atoms with Crippen molar-refractivity contribution >= 4 is 160 Å². The molecular weight excluding hydrogens is 1520 g/mol. The molecule has 13 heteroatoms. The molecule has 101 heavy (non-hydrogen) atoms. The number of rotatable bonds is 8. The van der Waals surface area contributed by atoms with Crippen molar-refractivity contribution in [2.45, 2.75) is 217 Å². The van der Waals surface area contributed by atoms with E-state index in [0.29, 0.717) is 87.4 Å². The van der Waals surface area contributed by atoms with Gasteiger partial charge in [0.1, 0.15) is 0 Å². The Bertz CT molecular complexity index is 3190. The third-order valence-corrected chi connectivity index (χ3v) is 48.9. The number of para-hydroxylation sites is 6. The van der Waals surface area contributed by atoms with Crippen LogP contribution in [0.5, 0.6) is 0 Å². The van der Waals surface area contributed by atoms with Crippen LogP contribution >= 0.6 is 126 Å². The summed E-state index contributed by atoms with van der Waals surface area (Å²) in [4.78, 5) is 6.96. The molecule has 3 nitrogen and oxygen atoms in total. The fraction of sp³-hybridized carbons (Fsp3) is 0.591. The summed E-state index contributed by atoms with van der Waals surface area (Å²) in [5.41, 5.74) is 7.58. The lowest BCUT2D eigenvalue weighted by atomic mass is 9.68. The van der Waals surface area contributed by atoms with Crippen LogP contribution < -0.4 is 15.1 Å². The Morgan fingerprint density at radius 2 is 0.366 bits per heavy atom. The summed E-state index contributed by atoms with van der Waals surface area (Å²) in [5, 5.41) is 13.9. The first-order chi connectivity index (χ1) is 48.6. The molecular formula is C88H115Br2N3S8. The maximum absolute atomic E-state index is 4.37. The molecule has 544 valence electrons. The summed E-state index contributed by atoms with van der Waals surface area (Å²) in [6.45, 7) is 41.0. The van der Waals surface area contributed by atoms with Gasteiger partial charge in [-0.25, -0.2) is 0 Å². The van der Waals surface area contributed by atoms with Crippen molar-refractivity contribution in [3.63, 3.8) is 0 Å². The van der Waals surface area contributed by atoms with Gasteiger partial charge in [0.05, 0.1) is 12.1 Å². The number of hydrogen-bond donors (Lipinski definition) is 1. The lowest BCUT2D eigenvalue weighted by Crippen LogP contribution is -2.72. The van der Waals surface area contributed by atoms with E-state index < -0.39 is 0 Å². The number of nitrogens with zero attached hydrogens (tertiary/aromatic N) is 2. The van der Waals surface area contributed by atoms with E-state index in [0.717, 1.165) is 124 Å². The first-order valence-corrected chi connectivity index (χ1v) is 48.2. The SMILES string of the molecule is CC1C(C)C(C)C2SC3C(Br)C4SC5C(C)C(C)C(C)C(C)C5SC4C(Br)C3SC2C1C.CC1C(C)C(C)C2SC3C(SC2C1C)C(N(c1ccccc1)c1ccccc1)C1SC2C(C)C(C)C(C)C(C)C2SC1C3N(c1ccccc1)c1ccccc1.c1ccc(Nc2ccccc2)cc1. The third-order valence-electron chi connectivity index (χ3n) is 28.4. The molecule has 0 radical (unpaired) electrons. The highest BCUT2D eigenvalue weighted by Gasteiger charge is 2.66. The maximum atomic E-state index is 4.37. The molecule has 4 heterocycles. The van der Waals surface area contributed by atoms with Gasteiger partial charge in [-0.15, -0.1) is 0 Å². The lowest BCUT2D eigenvalue weighted by Gasteiger charge is -2.65. The molecule has 4 saturated heterocycles. The average molecular weight is 1630 g/mol. The molecule has 32 unspecified atom stereocenters. The third kappa shape index (κ3) is 14.6. The second kappa shape index (κ2) is 32.6. The maximum Gasteiger partial charge on any atom is 0.0602 e. The van der Waals surface area contributed by atoms with E-state index in [1.165, 1.54) is 22.7 Å². The number of alkyl halides is 2. The predicted octanol–water partition coefficient (Wildman–Crippen LogP) is 25.4. The second-order valence-electron chi connectivity index (χ2n) is 33.1. The van der Waals surface area contributed by atoms with E-state index in [9.17, 15) is 0 Å². The lowest BCUT2D eigenvalue weighted by molar-refractivity contribution is 0.146. The van der Waals surface area contributed by atoms with Crippen LogP contribution in [0.4, 0.5) is 34.1 Å². The molecule has 0 aromatic heterocycles. The fourth-order valence-electron chi connectivity index (χ4n) is 20.3. The Morgan fingerprint density at radius 1 is 0.208 bits per heavy atom. The normalized spacial score (nSPS) is 44.8. The van der Waals surface area contributed by atoms with Crippen LogP contribution in [0.1, 0.15) is 111 Å². The predicted molar refractivity (Wildman–Crippen MR) is 467 cm³/mol. The summed E-state index contributed by atoms with van der Waals surface area (Å²) in [7, 11) is 0. The number of anilines is 6. The van der Waals surface area contributed by atoms with Crippen LogP contribution in [0, 0.1) is 94.7 Å². The number of benzene rings is 6. The highest BCUT2D eigenvalue weighted by Crippen LogP contribution is 2.68. The van der Waals surface area contributed by atoms with Crippen molar-refractivity contribution < 1.29 is 0 Å². The smallest absolute Gasteiger partial charge is 0.0602 e.